The van der Waals surface area contributed by atoms with Crippen LogP contribution in [0.25, 0.3) is 0 Å². The number of aryl methyl sites for hydroxylation is 1. The molecule has 24 heavy (non-hydrogen) atoms. The van der Waals surface area contributed by atoms with Crippen LogP contribution in [0.4, 0.5) is 11.8 Å². The van der Waals surface area contributed by atoms with Crippen molar-refractivity contribution in [3.63, 3.8) is 0 Å². The van der Waals surface area contributed by atoms with Crippen LogP contribution in [-0.4, -0.2) is 35.8 Å². The highest BCUT2D eigenvalue weighted by atomic mass is 16.6. The fourth-order valence-corrected chi connectivity index (χ4v) is 2.00. The number of hydrogen-bond donors (Lipinski definition) is 2. The van der Waals surface area contributed by atoms with E-state index in [2.05, 4.69) is 25.6 Å². The van der Waals surface area contributed by atoms with Crippen LogP contribution in [0.15, 0.2) is 36.7 Å². The Morgan fingerprint density at radius 3 is 2.79 bits per heavy atom. The number of H-pyrrole nitrogens is 1. The summed E-state index contributed by atoms with van der Waals surface area (Å²) in [6.45, 7) is 2.52. The molecule has 0 aliphatic rings. The fourth-order valence-electron chi connectivity index (χ4n) is 2.00. The quantitative estimate of drug-likeness (QED) is 0.539. The van der Waals surface area contributed by atoms with Crippen LogP contribution in [0.2, 0.25) is 0 Å². The number of rotatable bonds is 5. The molecule has 2 aromatic heterocycles. The summed E-state index contributed by atoms with van der Waals surface area (Å²) in [5.41, 5.74) is 2.10. The number of nitro groups is 1. The Bertz CT molecular complexity index is 882. The number of nitrogens with one attached hydrogen (secondary N) is 2. The van der Waals surface area contributed by atoms with Gasteiger partial charge in [-0.25, -0.2) is 9.67 Å². The second-order valence-electron chi connectivity index (χ2n) is 5.10. The van der Waals surface area contributed by atoms with Gasteiger partial charge in [0, 0.05) is 0 Å². The van der Waals surface area contributed by atoms with Crippen molar-refractivity contribution in [1.29, 1.82) is 0 Å². The lowest BCUT2D eigenvalue weighted by atomic mass is 10.1. The molecule has 10 heteroatoms. The first-order valence-electron chi connectivity index (χ1n) is 6.97. The molecule has 3 aromatic rings. The van der Waals surface area contributed by atoms with E-state index in [1.54, 1.807) is 4.68 Å². The van der Waals surface area contributed by atoms with Gasteiger partial charge in [-0.05, 0) is 17.4 Å². The maximum absolute atomic E-state index is 11.9. The zero-order valence-electron chi connectivity index (χ0n) is 12.6. The first-order chi connectivity index (χ1) is 11.5. The highest BCUT2D eigenvalue weighted by Gasteiger charge is 2.17. The zero-order valence-corrected chi connectivity index (χ0v) is 12.6. The van der Waals surface area contributed by atoms with E-state index in [4.69, 9.17) is 0 Å². The van der Waals surface area contributed by atoms with Gasteiger partial charge in [-0.15, -0.1) is 10.2 Å². The van der Waals surface area contributed by atoms with Crippen molar-refractivity contribution in [2.75, 3.05) is 5.32 Å². The van der Waals surface area contributed by atoms with Gasteiger partial charge in [-0.3, -0.25) is 10.1 Å². The third-order valence-corrected chi connectivity index (χ3v) is 3.22. The average molecular weight is 327 g/mol. The lowest BCUT2D eigenvalue weighted by molar-refractivity contribution is -0.389. The molecule has 0 spiro atoms. The van der Waals surface area contributed by atoms with Gasteiger partial charge < -0.3 is 10.1 Å². The summed E-state index contributed by atoms with van der Waals surface area (Å²) < 4.78 is 1.58. The van der Waals surface area contributed by atoms with Crippen LogP contribution in [0.5, 0.6) is 0 Å². The van der Waals surface area contributed by atoms with Crippen LogP contribution >= 0.6 is 0 Å². The van der Waals surface area contributed by atoms with Crippen LogP contribution in [0.1, 0.15) is 21.6 Å². The molecule has 10 nitrogen and oxygen atoms in total. The smallest absolute Gasteiger partial charge is 0.343 e. The summed E-state index contributed by atoms with van der Waals surface area (Å²) in [5, 5.41) is 22.9. The molecule has 0 aliphatic heterocycles. The topological polar surface area (TPSA) is 132 Å². The molecule has 2 heterocycles. The molecule has 0 fully saturated rings. The Morgan fingerprint density at radius 2 is 2.12 bits per heavy atom. The largest absolute Gasteiger partial charge is 0.358 e. The molecule has 122 valence electrons. The average Bonchev–Trinajstić information content (AvgIpc) is 3.19. The Labute approximate surface area is 135 Å². The minimum atomic E-state index is -0.668. The highest BCUT2D eigenvalue weighted by molar-refractivity contribution is 6.02. The standard InChI is InChI=1S/C14H13N7O3/c1-9-2-4-10(5-3-9)7-20-8-15-14(19-20)16-13(22)11-6-12(18-17-11)21(23)24/h2-6,8H,7H2,1H3,(H,17,18)(H,16,19,22). The predicted octanol–water partition coefficient (Wildman–Crippen LogP) is 1.52. The molecular formula is C14H13N7O3. The molecule has 0 bridgehead atoms. The number of carbonyl (C=O) groups excluding carboxylic acids is 1. The zero-order chi connectivity index (χ0) is 17.1. The first-order valence-corrected chi connectivity index (χ1v) is 6.97. The van der Waals surface area contributed by atoms with Crippen molar-refractivity contribution in [1.82, 2.24) is 25.0 Å². The van der Waals surface area contributed by atoms with Crippen molar-refractivity contribution < 1.29 is 9.72 Å². The molecule has 2 N–H and O–H groups in total. The molecule has 1 aromatic carbocycles. The third kappa shape index (κ3) is 3.43. The van der Waals surface area contributed by atoms with E-state index in [1.165, 1.54) is 11.9 Å². The molecule has 0 saturated heterocycles. The first kappa shape index (κ1) is 15.3. The van der Waals surface area contributed by atoms with Crippen LogP contribution in [0.3, 0.4) is 0 Å². The highest BCUT2D eigenvalue weighted by Crippen LogP contribution is 2.10. The molecule has 0 aliphatic carbocycles. The van der Waals surface area contributed by atoms with Gasteiger partial charge in [-0.2, -0.15) is 0 Å². The van der Waals surface area contributed by atoms with Crippen LogP contribution in [-0.2, 0) is 6.54 Å². The Kier molecular flexibility index (Phi) is 4.01. The van der Waals surface area contributed by atoms with E-state index in [-0.39, 0.29) is 17.5 Å². The second-order valence-corrected chi connectivity index (χ2v) is 5.10. The van der Waals surface area contributed by atoms with E-state index in [0.29, 0.717) is 6.54 Å². The molecule has 0 atom stereocenters. The minimum absolute atomic E-state index is 0.0952. The Morgan fingerprint density at radius 1 is 1.38 bits per heavy atom. The molecule has 0 saturated carbocycles. The van der Waals surface area contributed by atoms with Gasteiger partial charge in [0.15, 0.2) is 5.69 Å². The number of hydrogen-bond acceptors (Lipinski definition) is 6. The number of nitrogens with zero attached hydrogens (tertiary/aromatic N) is 5. The monoisotopic (exact) mass is 327 g/mol. The predicted molar refractivity (Wildman–Crippen MR) is 83.5 cm³/mol. The Balaban J connectivity index is 1.65. The van der Waals surface area contributed by atoms with Gasteiger partial charge >= 0.3 is 5.82 Å². The second kappa shape index (κ2) is 6.28. The summed E-state index contributed by atoms with van der Waals surface area (Å²) in [5.74, 6) is -0.900. The summed E-state index contributed by atoms with van der Waals surface area (Å²) in [6.07, 6.45) is 1.49. The molecule has 1 amide bonds. The van der Waals surface area contributed by atoms with E-state index in [9.17, 15) is 14.9 Å². The van der Waals surface area contributed by atoms with E-state index in [0.717, 1.165) is 11.6 Å². The number of benzene rings is 1. The van der Waals surface area contributed by atoms with Crippen molar-refractivity contribution in [3.8, 4) is 0 Å². The van der Waals surface area contributed by atoms with Crippen molar-refractivity contribution in [3.05, 3.63) is 63.6 Å². The maximum Gasteiger partial charge on any atom is 0.343 e. The van der Waals surface area contributed by atoms with Crippen molar-refractivity contribution in [2.45, 2.75) is 13.5 Å². The number of aromatic amines is 1. The Hall–Kier alpha value is -3.56. The number of aromatic nitrogens is 5. The van der Waals surface area contributed by atoms with E-state index < -0.39 is 10.8 Å². The minimum Gasteiger partial charge on any atom is -0.358 e. The number of carbonyl (C=O) groups is 1. The number of amides is 1. The molecule has 3 rings (SSSR count). The molecule has 0 radical (unpaired) electrons. The maximum atomic E-state index is 11.9. The SMILES string of the molecule is Cc1ccc(Cn2cnc(NC(=O)c3cc([N+](=O)[O-])[nH]n3)n2)cc1. The van der Waals surface area contributed by atoms with Gasteiger partial charge in [0.05, 0.1) is 12.6 Å². The van der Waals surface area contributed by atoms with Gasteiger partial charge in [0.25, 0.3) is 5.91 Å². The van der Waals surface area contributed by atoms with Crippen molar-refractivity contribution >= 4 is 17.7 Å². The lowest BCUT2D eigenvalue weighted by Gasteiger charge is -2.01. The van der Waals surface area contributed by atoms with E-state index >= 15 is 0 Å². The normalized spacial score (nSPS) is 10.5. The summed E-state index contributed by atoms with van der Waals surface area (Å²) in [6, 6.07) is 9.01. The molecule has 0 unspecified atom stereocenters. The van der Waals surface area contributed by atoms with Crippen LogP contribution in [0, 0.1) is 17.0 Å². The lowest BCUT2D eigenvalue weighted by Crippen LogP contribution is -2.14. The molecular weight excluding hydrogens is 314 g/mol. The summed E-state index contributed by atoms with van der Waals surface area (Å²) in [7, 11) is 0. The van der Waals surface area contributed by atoms with Crippen molar-refractivity contribution in [2.24, 2.45) is 0 Å². The number of anilines is 1. The van der Waals surface area contributed by atoms with E-state index in [1.807, 2.05) is 31.2 Å². The third-order valence-electron chi connectivity index (χ3n) is 3.22. The van der Waals surface area contributed by atoms with Gasteiger partial charge in [-0.1, -0.05) is 34.9 Å². The summed E-state index contributed by atoms with van der Waals surface area (Å²) >= 11 is 0. The fraction of sp³-hybridized carbons (Fsp3) is 0.143. The van der Waals surface area contributed by atoms with Crippen LogP contribution < -0.4 is 5.32 Å². The summed E-state index contributed by atoms with van der Waals surface area (Å²) in [4.78, 5) is 25.8. The van der Waals surface area contributed by atoms with Gasteiger partial charge in [0.1, 0.15) is 6.33 Å². The van der Waals surface area contributed by atoms with Gasteiger partial charge in [0.2, 0.25) is 5.95 Å².